The van der Waals surface area contributed by atoms with Crippen LogP contribution in [0.25, 0.3) is 0 Å². The first kappa shape index (κ1) is 10.3. The number of hydrogen-bond donors (Lipinski definition) is 1. The van der Waals surface area contributed by atoms with E-state index in [1.54, 1.807) is 19.1 Å². The molecule has 1 aliphatic heterocycles. The van der Waals surface area contributed by atoms with Gasteiger partial charge in [-0.1, -0.05) is 15.9 Å². The molecule has 0 aliphatic carbocycles. The largest absolute Gasteiger partial charge is 0.481 e. The standard InChI is InChI=1S/C10H9BrO4/c1-5(10(12)13)8-6(11)2-3-7-9(8)15-4-14-7/h2-3,5H,4H2,1H3,(H,12,13). The van der Waals surface area contributed by atoms with Crippen LogP contribution in [-0.2, 0) is 4.79 Å². The van der Waals surface area contributed by atoms with Crippen molar-refractivity contribution in [1.29, 1.82) is 0 Å². The molecule has 1 aromatic carbocycles. The van der Waals surface area contributed by atoms with Gasteiger partial charge in [-0.3, -0.25) is 4.79 Å². The number of halogens is 1. The van der Waals surface area contributed by atoms with Crippen molar-refractivity contribution in [3.8, 4) is 11.5 Å². The number of carboxylic acids is 1. The van der Waals surface area contributed by atoms with Crippen LogP contribution in [-0.4, -0.2) is 17.9 Å². The predicted molar refractivity (Wildman–Crippen MR) is 56.3 cm³/mol. The summed E-state index contributed by atoms with van der Waals surface area (Å²) in [5.74, 6) is -0.392. The number of fused-ring (bicyclic) bond motifs is 1. The van der Waals surface area contributed by atoms with Gasteiger partial charge in [0, 0.05) is 10.0 Å². The van der Waals surface area contributed by atoms with Gasteiger partial charge in [-0.05, 0) is 19.1 Å². The van der Waals surface area contributed by atoms with E-state index in [1.807, 2.05) is 0 Å². The minimum Gasteiger partial charge on any atom is -0.481 e. The summed E-state index contributed by atoms with van der Waals surface area (Å²) in [6, 6.07) is 3.52. The molecular weight excluding hydrogens is 264 g/mol. The van der Waals surface area contributed by atoms with Crippen LogP contribution >= 0.6 is 15.9 Å². The quantitative estimate of drug-likeness (QED) is 0.898. The molecule has 0 amide bonds. The van der Waals surface area contributed by atoms with Gasteiger partial charge in [-0.25, -0.2) is 0 Å². The van der Waals surface area contributed by atoms with Crippen molar-refractivity contribution in [1.82, 2.24) is 0 Å². The Bertz CT molecular complexity index is 416. The van der Waals surface area contributed by atoms with Gasteiger partial charge in [-0.15, -0.1) is 0 Å². The Labute approximate surface area is 94.9 Å². The van der Waals surface area contributed by atoms with Crippen molar-refractivity contribution in [2.45, 2.75) is 12.8 Å². The average Bonchev–Trinajstić information content (AvgIpc) is 2.64. The number of hydrogen-bond acceptors (Lipinski definition) is 3. The van der Waals surface area contributed by atoms with Crippen molar-refractivity contribution >= 4 is 21.9 Å². The Morgan fingerprint density at radius 1 is 1.53 bits per heavy atom. The lowest BCUT2D eigenvalue weighted by atomic mass is 10.00. The van der Waals surface area contributed by atoms with Gasteiger partial charge >= 0.3 is 5.97 Å². The predicted octanol–water partition coefficient (Wildman–Crippen LogP) is 2.37. The molecular formula is C10H9BrO4. The monoisotopic (exact) mass is 272 g/mol. The third kappa shape index (κ3) is 1.67. The summed E-state index contributed by atoms with van der Waals surface area (Å²) in [5, 5.41) is 8.97. The summed E-state index contributed by atoms with van der Waals surface area (Å²) in [7, 11) is 0. The molecule has 0 radical (unpaired) electrons. The van der Waals surface area contributed by atoms with Gasteiger partial charge in [0.15, 0.2) is 11.5 Å². The van der Waals surface area contributed by atoms with Gasteiger partial charge < -0.3 is 14.6 Å². The molecule has 1 aromatic rings. The normalized spacial score (nSPS) is 15.1. The fourth-order valence-electron chi connectivity index (χ4n) is 1.50. The van der Waals surface area contributed by atoms with Gasteiger partial charge in [0.1, 0.15) is 0 Å². The van der Waals surface area contributed by atoms with E-state index in [0.717, 1.165) is 4.47 Å². The second-order valence-electron chi connectivity index (χ2n) is 3.25. The van der Waals surface area contributed by atoms with E-state index in [2.05, 4.69) is 15.9 Å². The van der Waals surface area contributed by atoms with Crippen LogP contribution in [0, 0.1) is 0 Å². The highest BCUT2D eigenvalue weighted by atomic mass is 79.9. The second-order valence-corrected chi connectivity index (χ2v) is 4.11. The molecule has 1 unspecified atom stereocenters. The first-order valence-electron chi connectivity index (χ1n) is 4.42. The summed E-state index contributed by atoms with van der Waals surface area (Å²) >= 11 is 3.32. The van der Waals surface area contributed by atoms with Gasteiger partial charge in [0.05, 0.1) is 5.92 Å². The van der Waals surface area contributed by atoms with Crippen LogP contribution in [0.2, 0.25) is 0 Å². The number of ether oxygens (including phenoxy) is 2. The Kier molecular flexibility index (Phi) is 2.56. The number of carbonyl (C=O) groups is 1. The zero-order valence-corrected chi connectivity index (χ0v) is 9.58. The average molecular weight is 273 g/mol. The topological polar surface area (TPSA) is 55.8 Å². The Morgan fingerprint density at radius 2 is 2.27 bits per heavy atom. The zero-order valence-electron chi connectivity index (χ0n) is 7.99. The van der Waals surface area contributed by atoms with Crippen LogP contribution in [0.5, 0.6) is 11.5 Å². The zero-order chi connectivity index (χ0) is 11.0. The molecule has 2 rings (SSSR count). The van der Waals surface area contributed by atoms with Crippen molar-refractivity contribution in [3.05, 3.63) is 22.2 Å². The van der Waals surface area contributed by atoms with Crippen LogP contribution in [0.4, 0.5) is 0 Å². The molecule has 0 bridgehead atoms. The van der Waals surface area contributed by atoms with E-state index in [0.29, 0.717) is 17.1 Å². The molecule has 4 nitrogen and oxygen atoms in total. The molecule has 1 N–H and O–H groups in total. The summed E-state index contributed by atoms with van der Waals surface area (Å²) in [4.78, 5) is 10.9. The summed E-state index contributed by atoms with van der Waals surface area (Å²) < 4.78 is 11.2. The third-order valence-electron chi connectivity index (χ3n) is 2.33. The van der Waals surface area contributed by atoms with Crippen molar-refractivity contribution in [2.75, 3.05) is 6.79 Å². The first-order chi connectivity index (χ1) is 7.11. The number of rotatable bonds is 2. The van der Waals surface area contributed by atoms with Crippen LogP contribution in [0.1, 0.15) is 18.4 Å². The summed E-state index contributed by atoms with van der Waals surface area (Å²) in [5.41, 5.74) is 0.623. The van der Waals surface area contributed by atoms with Crippen LogP contribution < -0.4 is 9.47 Å². The maximum atomic E-state index is 10.9. The minimum atomic E-state index is -0.889. The highest BCUT2D eigenvalue weighted by Gasteiger charge is 2.27. The first-order valence-corrected chi connectivity index (χ1v) is 5.21. The van der Waals surface area contributed by atoms with E-state index in [4.69, 9.17) is 14.6 Å². The third-order valence-corrected chi connectivity index (χ3v) is 3.02. The Hall–Kier alpha value is -1.23. The molecule has 1 heterocycles. The van der Waals surface area contributed by atoms with E-state index in [-0.39, 0.29) is 6.79 Å². The SMILES string of the molecule is CC(C(=O)O)c1c(Br)ccc2c1OCO2. The minimum absolute atomic E-state index is 0.144. The highest BCUT2D eigenvalue weighted by molar-refractivity contribution is 9.10. The van der Waals surface area contributed by atoms with Crippen molar-refractivity contribution in [3.63, 3.8) is 0 Å². The molecule has 1 aliphatic rings. The number of carboxylic acid groups (broad SMARTS) is 1. The molecule has 0 saturated carbocycles. The Morgan fingerprint density at radius 3 is 2.93 bits per heavy atom. The molecule has 0 fully saturated rings. The number of aliphatic carboxylic acids is 1. The number of benzene rings is 1. The summed E-state index contributed by atoms with van der Waals surface area (Å²) in [6.45, 7) is 1.76. The Balaban J connectivity index is 2.54. The van der Waals surface area contributed by atoms with E-state index >= 15 is 0 Å². The molecule has 5 heteroatoms. The van der Waals surface area contributed by atoms with Gasteiger partial charge in [-0.2, -0.15) is 0 Å². The molecule has 80 valence electrons. The van der Waals surface area contributed by atoms with E-state index < -0.39 is 11.9 Å². The smallest absolute Gasteiger partial charge is 0.310 e. The lowest BCUT2D eigenvalue weighted by Gasteiger charge is -2.11. The summed E-state index contributed by atoms with van der Waals surface area (Å²) in [6.07, 6.45) is 0. The van der Waals surface area contributed by atoms with Crippen molar-refractivity contribution in [2.24, 2.45) is 0 Å². The molecule has 1 atom stereocenters. The molecule has 15 heavy (non-hydrogen) atoms. The fourth-order valence-corrected chi connectivity index (χ4v) is 2.15. The maximum absolute atomic E-state index is 10.9. The lowest BCUT2D eigenvalue weighted by molar-refractivity contribution is -0.138. The maximum Gasteiger partial charge on any atom is 0.310 e. The van der Waals surface area contributed by atoms with Crippen LogP contribution in [0.3, 0.4) is 0 Å². The van der Waals surface area contributed by atoms with Gasteiger partial charge in [0.2, 0.25) is 6.79 Å². The van der Waals surface area contributed by atoms with E-state index in [1.165, 1.54) is 0 Å². The molecule has 0 saturated heterocycles. The van der Waals surface area contributed by atoms with E-state index in [9.17, 15) is 4.79 Å². The fraction of sp³-hybridized carbons (Fsp3) is 0.300. The van der Waals surface area contributed by atoms with Crippen LogP contribution in [0.15, 0.2) is 16.6 Å². The second kappa shape index (κ2) is 3.73. The molecule has 0 spiro atoms. The lowest BCUT2D eigenvalue weighted by Crippen LogP contribution is -2.09. The molecule has 0 aromatic heterocycles. The highest BCUT2D eigenvalue weighted by Crippen LogP contribution is 2.43. The van der Waals surface area contributed by atoms with Gasteiger partial charge in [0.25, 0.3) is 0 Å². The van der Waals surface area contributed by atoms with Crippen molar-refractivity contribution < 1.29 is 19.4 Å².